The largest absolute Gasteiger partial charge is 0.508 e. The number of hydrogen-bond acceptors (Lipinski definition) is 4. The smallest absolute Gasteiger partial charge is 0.253 e. The highest BCUT2D eigenvalue weighted by Crippen LogP contribution is 2.35. The van der Waals surface area contributed by atoms with Crippen molar-refractivity contribution in [1.29, 1.82) is 0 Å². The maximum absolute atomic E-state index is 14.4. The molecule has 1 saturated heterocycles. The SMILES string of the molecule is CCN(CC)C(=O)c1ccc(C(c2cccc(O)c2)N2C[C@@H](C)N(Cc3ccccc3F)C[C@@H]2C)cc1. The number of nitrogens with zero attached hydrogens (tertiary/aromatic N) is 3. The first-order chi connectivity index (χ1) is 17.8. The first-order valence-electron chi connectivity index (χ1n) is 13.2. The van der Waals surface area contributed by atoms with E-state index in [-0.39, 0.29) is 35.6 Å². The molecule has 4 rings (SSSR count). The number of amides is 1. The zero-order valence-corrected chi connectivity index (χ0v) is 22.3. The summed E-state index contributed by atoms with van der Waals surface area (Å²) in [5.74, 6) is 0.102. The summed E-state index contributed by atoms with van der Waals surface area (Å²) in [6.07, 6.45) is 0. The molecule has 5 nitrogen and oxygen atoms in total. The van der Waals surface area contributed by atoms with Gasteiger partial charge in [0.05, 0.1) is 6.04 Å². The zero-order chi connectivity index (χ0) is 26.5. The van der Waals surface area contributed by atoms with Crippen LogP contribution >= 0.6 is 0 Å². The summed E-state index contributed by atoms with van der Waals surface area (Å²) < 4.78 is 14.4. The van der Waals surface area contributed by atoms with Gasteiger partial charge >= 0.3 is 0 Å². The van der Waals surface area contributed by atoms with Gasteiger partial charge in [0.25, 0.3) is 5.91 Å². The van der Waals surface area contributed by atoms with Crippen LogP contribution in [0.4, 0.5) is 4.39 Å². The summed E-state index contributed by atoms with van der Waals surface area (Å²) in [7, 11) is 0. The highest BCUT2D eigenvalue weighted by molar-refractivity contribution is 5.94. The first kappa shape index (κ1) is 26.8. The van der Waals surface area contributed by atoms with Gasteiger partial charge in [-0.25, -0.2) is 4.39 Å². The molecule has 1 aliphatic rings. The van der Waals surface area contributed by atoms with Crippen molar-refractivity contribution >= 4 is 5.91 Å². The van der Waals surface area contributed by atoms with Gasteiger partial charge in [0.1, 0.15) is 11.6 Å². The second-order valence-corrected chi connectivity index (χ2v) is 10.0. The molecule has 1 N–H and O–H groups in total. The third-order valence-electron chi connectivity index (χ3n) is 7.54. The van der Waals surface area contributed by atoms with Crippen LogP contribution < -0.4 is 0 Å². The quantitative estimate of drug-likeness (QED) is 0.429. The molecule has 0 saturated carbocycles. The molecule has 1 unspecified atom stereocenters. The molecular formula is C31H38FN3O2. The van der Waals surface area contributed by atoms with Crippen LogP contribution in [-0.2, 0) is 6.54 Å². The Morgan fingerprint density at radius 2 is 1.65 bits per heavy atom. The van der Waals surface area contributed by atoms with E-state index >= 15 is 0 Å². The van der Waals surface area contributed by atoms with Crippen molar-refractivity contribution in [3.8, 4) is 5.75 Å². The highest BCUT2D eigenvalue weighted by atomic mass is 19.1. The fourth-order valence-corrected chi connectivity index (χ4v) is 5.42. The van der Waals surface area contributed by atoms with Crippen LogP contribution in [0.3, 0.4) is 0 Å². The topological polar surface area (TPSA) is 47.0 Å². The lowest BCUT2D eigenvalue weighted by atomic mass is 9.92. The van der Waals surface area contributed by atoms with Crippen LogP contribution in [0.1, 0.15) is 60.8 Å². The van der Waals surface area contributed by atoms with E-state index in [1.807, 2.05) is 73.3 Å². The molecule has 6 heteroatoms. The number of benzene rings is 3. The first-order valence-corrected chi connectivity index (χ1v) is 13.2. The molecular weight excluding hydrogens is 465 g/mol. The average molecular weight is 504 g/mol. The van der Waals surface area contributed by atoms with Gasteiger partial charge in [0, 0.05) is 55.9 Å². The Labute approximate surface area is 220 Å². The van der Waals surface area contributed by atoms with Crippen molar-refractivity contribution < 1.29 is 14.3 Å². The van der Waals surface area contributed by atoms with Crippen molar-refractivity contribution in [2.45, 2.75) is 52.4 Å². The molecule has 1 fully saturated rings. The van der Waals surface area contributed by atoms with Crippen LogP contribution in [0.5, 0.6) is 5.75 Å². The van der Waals surface area contributed by atoms with E-state index in [2.05, 4.69) is 23.6 Å². The lowest BCUT2D eigenvalue weighted by Gasteiger charge is -2.47. The summed E-state index contributed by atoms with van der Waals surface area (Å²) in [4.78, 5) is 19.5. The normalized spacial score (nSPS) is 19.5. The Morgan fingerprint density at radius 3 is 2.30 bits per heavy atom. The lowest BCUT2D eigenvalue weighted by molar-refractivity contribution is 0.0190. The number of hydrogen-bond donors (Lipinski definition) is 1. The summed E-state index contributed by atoms with van der Waals surface area (Å²) >= 11 is 0. The van der Waals surface area contributed by atoms with Crippen LogP contribution in [0, 0.1) is 5.82 Å². The summed E-state index contributed by atoms with van der Waals surface area (Å²) in [5, 5.41) is 10.3. The maximum Gasteiger partial charge on any atom is 0.253 e. The average Bonchev–Trinajstić information content (AvgIpc) is 2.89. The van der Waals surface area contributed by atoms with E-state index in [1.165, 1.54) is 6.07 Å². The molecule has 0 spiro atoms. The van der Waals surface area contributed by atoms with Crippen LogP contribution in [-0.4, -0.2) is 64.0 Å². The fraction of sp³-hybridized carbons (Fsp3) is 0.387. The van der Waals surface area contributed by atoms with E-state index in [0.717, 1.165) is 24.2 Å². The molecule has 3 atom stereocenters. The maximum atomic E-state index is 14.4. The van der Waals surface area contributed by atoms with Gasteiger partial charge in [0.2, 0.25) is 0 Å². The van der Waals surface area contributed by atoms with Gasteiger partial charge in [0.15, 0.2) is 0 Å². The van der Waals surface area contributed by atoms with E-state index < -0.39 is 0 Å². The van der Waals surface area contributed by atoms with Crippen molar-refractivity contribution in [3.05, 3.63) is 101 Å². The molecule has 1 aliphatic heterocycles. The van der Waals surface area contributed by atoms with Gasteiger partial charge in [-0.15, -0.1) is 0 Å². The number of halogens is 1. The minimum atomic E-state index is -0.165. The molecule has 1 heterocycles. The second kappa shape index (κ2) is 11.9. The van der Waals surface area contributed by atoms with Gasteiger partial charge in [-0.1, -0.05) is 42.5 Å². The molecule has 3 aromatic carbocycles. The van der Waals surface area contributed by atoms with Crippen LogP contribution in [0.25, 0.3) is 0 Å². The molecule has 37 heavy (non-hydrogen) atoms. The monoisotopic (exact) mass is 503 g/mol. The Hall–Kier alpha value is -3.22. The number of carbonyl (C=O) groups excluding carboxylic acids is 1. The number of phenols is 1. The van der Waals surface area contributed by atoms with Gasteiger partial charge in [-0.3, -0.25) is 14.6 Å². The van der Waals surface area contributed by atoms with E-state index in [4.69, 9.17) is 0 Å². The minimum absolute atomic E-state index is 0.0363. The third-order valence-corrected chi connectivity index (χ3v) is 7.54. The van der Waals surface area contributed by atoms with Crippen molar-refractivity contribution in [3.63, 3.8) is 0 Å². The molecule has 0 aromatic heterocycles. The highest BCUT2D eigenvalue weighted by Gasteiger charge is 2.35. The molecule has 0 radical (unpaired) electrons. The van der Waals surface area contributed by atoms with E-state index in [0.29, 0.717) is 30.8 Å². The Bertz CT molecular complexity index is 1200. The number of aromatic hydroxyl groups is 1. The summed E-state index contributed by atoms with van der Waals surface area (Å²) in [6.45, 7) is 11.9. The Morgan fingerprint density at radius 1 is 0.946 bits per heavy atom. The minimum Gasteiger partial charge on any atom is -0.508 e. The number of rotatable bonds is 8. The Kier molecular flexibility index (Phi) is 8.62. The van der Waals surface area contributed by atoms with Crippen LogP contribution in [0.2, 0.25) is 0 Å². The summed E-state index contributed by atoms with van der Waals surface area (Å²) in [6, 6.07) is 22.6. The molecule has 1 amide bonds. The van der Waals surface area contributed by atoms with E-state index in [9.17, 15) is 14.3 Å². The zero-order valence-electron chi connectivity index (χ0n) is 22.3. The standard InChI is InChI=1S/C31H38FN3O2/c1-5-33(6-2)31(37)25-16-14-24(15-17-25)30(26-11-9-12-28(36)18-26)35-20-22(3)34(19-23(35)4)21-27-10-7-8-13-29(27)32/h7-18,22-23,30,36H,5-6,19-21H2,1-4H3/t22-,23+,30?/m1/s1. The van der Waals surface area contributed by atoms with Gasteiger partial charge in [-0.2, -0.15) is 0 Å². The van der Waals surface area contributed by atoms with Crippen molar-refractivity contribution in [2.75, 3.05) is 26.2 Å². The predicted molar refractivity (Wildman–Crippen MR) is 146 cm³/mol. The predicted octanol–water partition coefficient (Wildman–Crippen LogP) is 5.70. The molecule has 196 valence electrons. The Balaban J connectivity index is 1.62. The molecule has 0 aliphatic carbocycles. The number of phenolic OH excluding ortho intramolecular Hbond substituents is 1. The van der Waals surface area contributed by atoms with Crippen molar-refractivity contribution in [1.82, 2.24) is 14.7 Å². The van der Waals surface area contributed by atoms with Gasteiger partial charge in [-0.05, 0) is 69.2 Å². The van der Waals surface area contributed by atoms with Gasteiger partial charge < -0.3 is 10.0 Å². The fourth-order valence-electron chi connectivity index (χ4n) is 5.42. The lowest BCUT2D eigenvalue weighted by Crippen LogP contribution is -2.56. The summed E-state index contributed by atoms with van der Waals surface area (Å²) in [5.41, 5.74) is 3.47. The third kappa shape index (κ3) is 6.03. The van der Waals surface area contributed by atoms with E-state index in [1.54, 1.807) is 12.1 Å². The number of carbonyl (C=O) groups is 1. The van der Waals surface area contributed by atoms with Crippen LogP contribution in [0.15, 0.2) is 72.8 Å². The molecule has 0 bridgehead atoms. The molecule has 3 aromatic rings. The van der Waals surface area contributed by atoms with Crippen molar-refractivity contribution in [2.24, 2.45) is 0 Å². The number of piperazine rings is 1. The second-order valence-electron chi connectivity index (χ2n) is 10.0.